The number of β-amino-alcohol motifs (C(OH)–C–C–N with tert-alkyl or cyclic N) is 1. The molecule has 0 bridgehead atoms. The summed E-state index contributed by atoms with van der Waals surface area (Å²) in [7, 11) is 0. The first-order valence-corrected chi connectivity index (χ1v) is 7.91. The number of carbonyl (C=O) groups is 1. The average molecular weight is 306 g/mol. The molecule has 1 fully saturated rings. The number of nitrogens with zero attached hydrogens (tertiary/aromatic N) is 1. The van der Waals surface area contributed by atoms with E-state index in [4.69, 9.17) is 10.5 Å². The third-order valence-corrected chi connectivity index (χ3v) is 4.10. The van der Waals surface area contributed by atoms with Crippen molar-refractivity contribution in [3.05, 3.63) is 29.8 Å². The quantitative estimate of drug-likeness (QED) is 0.796. The topological polar surface area (TPSA) is 75.8 Å². The Kier molecular flexibility index (Phi) is 6.21. The molecular formula is C17H26N2O3. The lowest BCUT2D eigenvalue weighted by Crippen LogP contribution is -2.41. The van der Waals surface area contributed by atoms with Gasteiger partial charge in [-0.2, -0.15) is 0 Å². The molecule has 1 unspecified atom stereocenters. The number of aliphatic hydroxyl groups excluding tert-OH is 1. The molecule has 5 heteroatoms. The Hall–Kier alpha value is -1.59. The van der Waals surface area contributed by atoms with E-state index in [9.17, 15) is 9.90 Å². The van der Waals surface area contributed by atoms with Crippen molar-refractivity contribution in [1.82, 2.24) is 4.90 Å². The van der Waals surface area contributed by atoms with Crippen LogP contribution in [-0.2, 0) is 4.79 Å². The van der Waals surface area contributed by atoms with Crippen LogP contribution in [0.4, 0.5) is 0 Å². The number of ether oxygens (including phenoxy) is 1. The predicted octanol–water partition coefficient (Wildman–Crippen LogP) is 1.32. The van der Waals surface area contributed by atoms with Gasteiger partial charge in [-0.05, 0) is 56.5 Å². The molecule has 5 nitrogen and oxygen atoms in total. The molecule has 22 heavy (non-hydrogen) atoms. The van der Waals surface area contributed by atoms with E-state index in [1.165, 1.54) is 0 Å². The number of hydrogen-bond donors (Lipinski definition) is 2. The second kappa shape index (κ2) is 8.15. The third-order valence-electron chi connectivity index (χ3n) is 4.10. The molecular weight excluding hydrogens is 280 g/mol. The van der Waals surface area contributed by atoms with Crippen molar-refractivity contribution in [2.24, 2.45) is 11.7 Å². The van der Waals surface area contributed by atoms with Gasteiger partial charge >= 0.3 is 0 Å². The molecule has 0 aliphatic carbocycles. The van der Waals surface area contributed by atoms with Crippen LogP contribution in [0.25, 0.3) is 0 Å². The number of hydrogen-bond acceptors (Lipinski definition) is 4. The van der Waals surface area contributed by atoms with Crippen molar-refractivity contribution in [2.45, 2.75) is 32.3 Å². The molecule has 1 aromatic rings. The van der Waals surface area contributed by atoms with Gasteiger partial charge in [0.1, 0.15) is 18.5 Å². The van der Waals surface area contributed by atoms with Gasteiger partial charge in [-0.15, -0.1) is 0 Å². The van der Waals surface area contributed by atoms with Gasteiger partial charge in [0.25, 0.3) is 0 Å². The van der Waals surface area contributed by atoms with E-state index >= 15 is 0 Å². The SMILES string of the molecule is Cc1cccc(OCC(O)CN2CCC(CC(N)=O)CC2)c1. The lowest BCUT2D eigenvalue weighted by molar-refractivity contribution is -0.119. The number of aliphatic hydroxyl groups is 1. The zero-order valence-electron chi connectivity index (χ0n) is 13.2. The lowest BCUT2D eigenvalue weighted by Gasteiger charge is -2.32. The molecule has 1 aliphatic rings. The van der Waals surface area contributed by atoms with Crippen molar-refractivity contribution in [3.8, 4) is 5.75 Å². The highest BCUT2D eigenvalue weighted by Gasteiger charge is 2.22. The van der Waals surface area contributed by atoms with Gasteiger partial charge in [-0.3, -0.25) is 4.79 Å². The second-order valence-corrected chi connectivity index (χ2v) is 6.20. The largest absolute Gasteiger partial charge is 0.491 e. The molecule has 1 amide bonds. The Labute approximate surface area is 132 Å². The lowest BCUT2D eigenvalue weighted by atomic mass is 9.93. The summed E-state index contributed by atoms with van der Waals surface area (Å²) in [5.41, 5.74) is 6.38. The fourth-order valence-electron chi connectivity index (χ4n) is 2.91. The second-order valence-electron chi connectivity index (χ2n) is 6.20. The highest BCUT2D eigenvalue weighted by molar-refractivity contribution is 5.73. The normalized spacial score (nSPS) is 18.1. The van der Waals surface area contributed by atoms with Crippen molar-refractivity contribution in [1.29, 1.82) is 0 Å². The predicted molar refractivity (Wildman–Crippen MR) is 85.7 cm³/mol. The average Bonchev–Trinajstić information content (AvgIpc) is 2.47. The minimum Gasteiger partial charge on any atom is -0.491 e. The first kappa shape index (κ1) is 16.8. The summed E-state index contributed by atoms with van der Waals surface area (Å²) in [6, 6.07) is 7.82. The standard InChI is InChI=1S/C17H26N2O3/c1-13-3-2-4-16(9-13)22-12-15(20)11-19-7-5-14(6-8-19)10-17(18)21/h2-4,9,14-15,20H,5-8,10-12H2,1H3,(H2,18,21). The number of piperidine rings is 1. The maximum absolute atomic E-state index is 10.9. The number of amides is 1. The number of likely N-dealkylation sites (tertiary alicyclic amines) is 1. The highest BCUT2D eigenvalue weighted by Crippen LogP contribution is 2.20. The molecule has 1 aliphatic heterocycles. The van der Waals surface area contributed by atoms with Gasteiger partial charge in [-0.1, -0.05) is 12.1 Å². The van der Waals surface area contributed by atoms with Crippen LogP contribution < -0.4 is 10.5 Å². The molecule has 0 aromatic heterocycles. The fourth-order valence-corrected chi connectivity index (χ4v) is 2.91. The van der Waals surface area contributed by atoms with E-state index in [1.807, 2.05) is 31.2 Å². The Morgan fingerprint density at radius 3 is 2.82 bits per heavy atom. The van der Waals surface area contributed by atoms with E-state index in [0.717, 1.165) is 37.2 Å². The van der Waals surface area contributed by atoms with Crippen LogP contribution in [0.3, 0.4) is 0 Å². The van der Waals surface area contributed by atoms with E-state index in [1.54, 1.807) is 0 Å². The van der Waals surface area contributed by atoms with Crippen LogP contribution in [0.2, 0.25) is 0 Å². The van der Waals surface area contributed by atoms with Gasteiger partial charge in [-0.25, -0.2) is 0 Å². The number of benzene rings is 1. The first-order valence-electron chi connectivity index (χ1n) is 7.91. The van der Waals surface area contributed by atoms with Crippen LogP contribution in [0.15, 0.2) is 24.3 Å². The van der Waals surface area contributed by atoms with E-state index in [0.29, 0.717) is 25.5 Å². The van der Waals surface area contributed by atoms with Gasteiger partial charge < -0.3 is 20.5 Å². The summed E-state index contributed by atoms with van der Waals surface area (Å²) < 4.78 is 5.63. The van der Waals surface area contributed by atoms with Crippen LogP contribution in [0.5, 0.6) is 5.75 Å². The molecule has 1 heterocycles. The summed E-state index contributed by atoms with van der Waals surface area (Å²) in [6.07, 6.45) is 1.91. The molecule has 1 aromatic carbocycles. The molecule has 122 valence electrons. The molecule has 0 spiro atoms. The van der Waals surface area contributed by atoms with E-state index in [-0.39, 0.29) is 5.91 Å². The van der Waals surface area contributed by atoms with Crippen LogP contribution in [-0.4, -0.2) is 48.3 Å². The minimum atomic E-state index is -0.506. The Morgan fingerprint density at radius 1 is 1.45 bits per heavy atom. The van der Waals surface area contributed by atoms with Crippen LogP contribution in [0, 0.1) is 12.8 Å². The number of nitrogens with two attached hydrogens (primary N) is 1. The summed E-state index contributed by atoms with van der Waals surface area (Å²) in [5.74, 6) is 0.971. The smallest absolute Gasteiger partial charge is 0.217 e. The van der Waals surface area contributed by atoms with Gasteiger partial charge in [0.2, 0.25) is 5.91 Å². The van der Waals surface area contributed by atoms with Gasteiger partial charge in [0.05, 0.1) is 0 Å². The zero-order chi connectivity index (χ0) is 15.9. The van der Waals surface area contributed by atoms with Gasteiger partial charge in [0, 0.05) is 13.0 Å². The summed E-state index contributed by atoms with van der Waals surface area (Å²) >= 11 is 0. The summed E-state index contributed by atoms with van der Waals surface area (Å²) in [6.45, 7) is 4.72. The number of rotatable bonds is 7. The maximum atomic E-state index is 10.9. The number of carbonyl (C=O) groups excluding carboxylic acids is 1. The maximum Gasteiger partial charge on any atom is 0.217 e. The molecule has 0 saturated carbocycles. The fraction of sp³-hybridized carbons (Fsp3) is 0.588. The number of aryl methyl sites for hydroxylation is 1. The Balaban J connectivity index is 1.67. The molecule has 3 N–H and O–H groups in total. The van der Waals surface area contributed by atoms with Crippen molar-refractivity contribution in [3.63, 3.8) is 0 Å². The summed E-state index contributed by atoms with van der Waals surface area (Å²) in [4.78, 5) is 13.1. The van der Waals surface area contributed by atoms with Gasteiger partial charge in [0.15, 0.2) is 0 Å². The third kappa shape index (κ3) is 5.66. The van der Waals surface area contributed by atoms with Crippen molar-refractivity contribution >= 4 is 5.91 Å². The van der Waals surface area contributed by atoms with Crippen LogP contribution in [0.1, 0.15) is 24.8 Å². The van der Waals surface area contributed by atoms with Crippen LogP contribution >= 0.6 is 0 Å². The highest BCUT2D eigenvalue weighted by atomic mass is 16.5. The van der Waals surface area contributed by atoms with E-state index < -0.39 is 6.10 Å². The monoisotopic (exact) mass is 306 g/mol. The molecule has 1 atom stereocenters. The first-order chi connectivity index (χ1) is 10.5. The van der Waals surface area contributed by atoms with Crippen molar-refractivity contribution < 1.29 is 14.6 Å². The zero-order valence-corrected chi connectivity index (χ0v) is 13.2. The Bertz CT molecular complexity index is 485. The molecule has 0 radical (unpaired) electrons. The Morgan fingerprint density at radius 2 is 2.18 bits per heavy atom. The summed E-state index contributed by atoms with van der Waals surface area (Å²) in [5, 5.41) is 10.1. The molecule has 2 rings (SSSR count). The van der Waals surface area contributed by atoms with E-state index in [2.05, 4.69) is 4.90 Å². The minimum absolute atomic E-state index is 0.218. The van der Waals surface area contributed by atoms with Crippen molar-refractivity contribution in [2.75, 3.05) is 26.2 Å². The number of primary amides is 1. The molecule has 1 saturated heterocycles.